The summed E-state index contributed by atoms with van der Waals surface area (Å²) in [6, 6.07) is 0. The molecule has 0 saturated carbocycles. The van der Waals surface area contributed by atoms with Gasteiger partial charge in [-0.2, -0.15) is 0 Å². The summed E-state index contributed by atoms with van der Waals surface area (Å²) in [4.78, 5) is 17.5. The van der Waals surface area contributed by atoms with Crippen LogP contribution in [0.3, 0.4) is 0 Å². The highest BCUT2D eigenvalue weighted by atomic mass is 32.1. The van der Waals surface area contributed by atoms with Gasteiger partial charge in [0.2, 0.25) is 0 Å². The standard InChI is InChI=1S/C6H5N3S.C3H4N2/c1-2-8-5(7-1)6-9-3-4-10-6;1-2-5-3-4-1/h1-4H,(H,7,8);1-3H,(H,4,5). The molecule has 2 N–H and O–H groups in total. The molecule has 6 heteroatoms. The molecule has 15 heavy (non-hydrogen) atoms. The number of rotatable bonds is 1. The van der Waals surface area contributed by atoms with Crippen LogP contribution in [-0.4, -0.2) is 24.9 Å². The molecular weight excluding hydrogens is 210 g/mol. The number of nitrogens with one attached hydrogen (secondary N) is 2. The van der Waals surface area contributed by atoms with Crippen molar-refractivity contribution in [3.63, 3.8) is 0 Å². The molecule has 0 bridgehead atoms. The maximum absolute atomic E-state index is 4.08. The number of hydrogen-bond donors (Lipinski definition) is 2. The summed E-state index contributed by atoms with van der Waals surface area (Å²) < 4.78 is 0. The van der Waals surface area contributed by atoms with Crippen molar-refractivity contribution in [2.45, 2.75) is 0 Å². The summed E-state index contributed by atoms with van der Waals surface area (Å²) in [5, 5.41) is 2.86. The SMILES string of the molecule is c1c[nH]c(-c2nccs2)n1.c1c[nH]cn1. The second-order valence-electron chi connectivity index (χ2n) is 2.54. The van der Waals surface area contributed by atoms with Gasteiger partial charge in [0.15, 0.2) is 10.8 Å². The monoisotopic (exact) mass is 219 g/mol. The van der Waals surface area contributed by atoms with Gasteiger partial charge in [-0.25, -0.2) is 15.0 Å². The van der Waals surface area contributed by atoms with Crippen LogP contribution in [0.1, 0.15) is 0 Å². The first-order valence-electron chi connectivity index (χ1n) is 4.29. The van der Waals surface area contributed by atoms with Gasteiger partial charge in [0.05, 0.1) is 6.33 Å². The van der Waals surface area contributed by atoms with Crippen molar-refractivity contribution in [3.8, 4) is 10.8 Å². The molecule has 5 nitrogen and oxygen atoms in total. The molecule has 0 spiro atoms. The van der Waals surface area contributed by atoms with Gasteiger partial charge >= 0.3 is 0 Å². The molecule has 3 aromatic heterocycles. The number of nitrogens with zero attached hydrogens (tertiary/aromatic N) is 3. The van der Waals surface area contributed by atoms with Gasteiger partial charge in [-0.3, -0.25) is 0 Å². The number of thiazole rings is 1. The van der Waals surface area contributed by atoms with E-state index in [1.165, 1.54) is 0 Å². The fraction of sp³-hybridized carbons (Fsp3) is 0. The van der Waals surface area contributed by atoms with Crippen LogP contribution in [0.25, 0.3) is 10.8 Å². The predicted octanol–water partition coefficient (Wildman–Crippen LogP) is 1.94. The Morgan fingerprint density at radius 1 is 1.07 bits per heavy atom. The first kappa shape index (κ1) is 9.60. The normalized spacial score (nSPS) is 9.33. The summed E-state index contributed by atoms with van der Waals surface area (Å²) in [5.41, 5.74) is 0. The predicted molar refractivity (Wildman–Crippen MR) is 58.3 cm³/mol. The highest BCUT2D eigenvalue weighted by Crippen LogP contribution is 2.15. The van der Waals surface area contributed by atoms with Crippen LogP contribution >= 0.6 is 11.3 Å². The molecule has 0 aliphatic carbocycles. The molecule has 0 saturated heterocycles. The Kier molecular flexibility index (Phi) is 3.24. The van der Waals surface area contributed by atoms with E-state index in [2.05, 4.69) is 24.9 Å². The zero-order chi connectivity index (χ0) is 10.3. The molecule has 0 atom stereocenters. The highest BCUT2D eigenvalue weighted by molar-refractivity contribution is 7.12. The number of aromatic amines is 2. The topological polar surface area (TPSA) is 70.2 Å². The Bertz CT molecular complexity index is 393. The van der Waals surface area contributed by atoms with Gasteiger partial charge in [-0.15, -0.1) is 11.3 Å². The van der Waals surface area contributed by atoms with Crippen molar-refractivity contribution in [1.82, 2.24) is 24.9 Å². The minimum atomic E-state index is 0.843. The molecule has 0 aromatic carbocycles. The summed E-state index contributed by atoms with van der Waals surface area (Å²) >= 11 is 1.58. The zero-order valence-corrected chi connectivity index (χ0v) is 8.61. The van der Waals surface area contributed by atoms with E-state index >= 15 is 0 Å². The first-order chi connectivity index (χ1) is 7.47. The van der Waals surface area contributed by atoms with Gasteiger partial charge in [-0.1, -0.05) is 0 Å². The van der Waals surface area contributed by atoms with E-state index < -0.39 is 0 Å². The average molecular weight is 219 g/mol. The molecule has 0 unspecified atom stereocenters. The van der Waals surface area contributed by atoms with Gasteiger partial charge in [0, 0.05) is 36.4 Å². The van der Waals surface area contributed by atoms with Crippen molar-refractivity contribution < 1.29 is 0 Å². The number of aromatic nitrogens is 5. The molecule has 0 radical (unpaired) electrons. The largest absolute Gasteiger partial charge is 0.351 e. The fourth-order valence-electron chi connectivity index (χ4n) is 0.938. The summed E-state index contributed by atoms with van der Waals surface area (Å²) in [6.45, 7) is 0. The molecule has 0 aliphatic heterocycles. The Morgan fingerprint density at radius 2 is 2.07 bits per heavy atom. The van der Waals surface area contributed by atoms with Crippen LogP contribution in [0.15, 0.2) is 42.7 Å². The minimum absolute atomic E-state index is 0.843. The Hall–Kier alpha value is -1.95. The van der Waals surface area contributed by atoms with Crippen molar-refractivity contribution in [2.75, 3.05) is 0 Å². The van der Waals surface area contributed by atoms with Crippen molar-refractivity contribution in [2.24, 2.45) is 0 Å². The molecule has 3 heterocycles. The quantitative estimate of drug-likeness (QED) is 0.657. The second kappa shape index (κ2) is 5.06. The molecular formula is C9H9N5S. The third-order valence-electron chi connectivity index (χ3n) is 1.54. The van der Waals surface area contributed by atoms with E-state index in [-0.39, 0.29) is 0 Å². The third-order valence-corrected chi connectivity index (χ3v) is 2.32. The molecule has 0 aliphatic rings. The number of imidazole rings is 2. The summed E-state index contributed by atoms with van der Waals surface area (Å²) in [7, 11) is 0. The van der Waals surface area contributed by atoms with Crippen LogP contribution < -0.4 is 0 Å². The van der Waals surface area contributed by atoms with Crippen molar-refractivity contribution in [1.29, 1.82) is 0 Å². The average Bonchev–Trinajstić information content (AvgIpc) is 3.06. The van der Waals surface area contributed by atoms with Crippen molar-refractivity contribution >= 4 is 11.3 Å². The smallest absolute Gasteiger partial charge is 0.166 e. The Balaban J connectivity index is 0.000000144. The van der Waals surface area contributed by atoms with Gasteiger partial charge in [0.25, 0.3) is 0 Å². The zero-order valence-electron chi connectivity index (χ0n) is 7.79. The van der Waals surface area contributed by atoms with E-state index in [9.17, 15) is 0 Å². The lowest BCUT2D eigenvalue weighted by molar-refractivity contribution is 1.27. The maximum atomic E-state index is 4.08. The number of H-pyrrole nitrogens is 2. The first-order valence-corrected chi connectivity index (χ1v) is 5.17. The summed E-state index contributed by atoms with van der Waals surface area (Å²) in [5.74, 6) is 0.843. The fourth-order valence-corrected chi connectivity index (χ4v) is 1.53. The highest BCUT2D eigenvalue weighted by Gasteiger charge is 1.99. The number of hydrogen-bond acceptors (Lipinski definition) is 4. The van der Waals surface area contributed by atoms with Gasteiger partial charge in [-0.05, 0) is 0 Å². The van der Waals surface area contributed by atoms with Gasteiger partial charge < -0.3 is 9.97 Å². The Labute approximate surface area is 90.3 Å². The molecule has 0 fully saturated rings. The van der Waals surface area contributed by atoms with Crippen LogP contribution in [0.4, 0.5) is 0 Å². The van der Waals surface area contributed by atoms with E-state index in [4.69, 9.17) is 0 Å². The Morgan fingerprint density at radius 3 is 2.53 bits per heavy atom. The molecule has 3 rings (SSSR count). The van der Waals surface area contributed by atoms with Crippen LogP contribution in [0.5, 0.6) is 0 Å². The molecule has 0 amide bonds. The third kappa shape index (κ3) is 2.75. The van der Waals surface area contributed by atoms with E-state index in [1.807, 2.05) is 5.38 Å². The lowest BCUT2D eigenvalue weighted by Crippen LogP contribution is -1.75. The summed E-state index contributed by atoms with van der Waals surface area (Å²) in [6.07, 6.45) is 10.4. The second-order valence-corrected chi connectivity index (χ2v) is 3.43. The van der Waals surface area contributed by atoms with E-state index in [0.29, 0.717) is 0 Å². The van der Waals surface area contributed by atoms with E-state index in [0.717, 1.165) is 10.8 Å². The molecule has 76 valence electrons. The van der Waals surface area contributed by atoms with Crippen molar-refractivity contribution in [3.05, 3.63) is 42.7 Å². The van der Waals surface area contributed by atoms with Crippen LogP contribution in [-0.2, 0) is 0 Å². The maximum Gasteiger partial charge on any atom is 0.166 e. The van der Waals surface area contributed by atoms with Gasteiger partial charge in [0.1, 0.15) is 0 Å². The minimum Gasteiger partial charge on any atom is -0.351 e. The molecule has 3 aromatic rings. The van der Waals surface area contributed by atoms with E-state index in [1.54, 1.807) is 48.6 Å². The van der Waals surface area contributed by atoms with Crippen LogP contribution in [0.2, 0.25) is 0 Å². The van der Waals surface area contributed by atoms with Crippen LogP contribution in [0, 0.1) is 0 Å². The lowest BCUT2D eigenvalue weighted by atomic mass is 10.7. The lowest BCUT2D eigenvalue weighted by Gasteiger charge is -1.83.